The predicted molar refractivity (Wildman–Crippen MR) is 96.8 cm³/mol. The number of rotatable bonds is 5. The van der Waals surface area contributed by atoms with E-state index in [4.69, 9.17) is 4.74 Å². The van der Waals surface area contributed by atoms with Crippen LogP contribution in [-0.4, -0.2) is 64.3 Å². The number of hydrogen-bond donors (Lipinski definition) is 0. The van der Waals surface area contributed by atoms with E-state index in [-0.39, 0.29) is 24.1 Å². The number of hydrogen-bond acceptors (Lipinski definition) is 5. The summed E-state index contributed by atoms with van der Waals surface area (Å²) in [6, 6.07) is 3.96. The smallest absolute Gasteiger partial charge is 0.410 e. The lowest BCUT2D eigenvalue weighted by Gasteiger charge is -2.37. The van der Waals surface area contributed by atoms with Crippen LogP contribution < -0.4 is 0 Å². The van der Waals surface area contributed by atoms with Crippen LogP contribution in [0.5, 0.6) is 0 Å². The van der Waals surface area contributed by atoms with E-state index < -0.39 is 0 Å². The highest BCUT2D eigenvalue weighted by molar-refractivity contribution is 7.99. The van der Waals surface area contributed by atoms with Gasteiger partial charge in [0.15, 0.2) is 0 Å². The largest absolute Gasteiger partial charge is 0.447 e. The lowest BCUT2D eigenvalue weighted by atomic mass is 10.0. The molecule has 25 heavy (non-hydrogen) atoms. The molecule has 0 aromatic carbocycles. The molecule has 2 amide bonds. The monoisotopic (exact) mass is 363 g/mol. The van der Waals surface area contributed by atoms with Crippen molar-refractivity contribution in [3.05, 3.63) is 23.9 Å². The van der Waals surface area contributed by atoms with Gasteiger partial charge in [-0.15, -0.1) is 11.8 Å². The summed E-state index contributed by atoms with van der Waals surface area (Å²) in [6.07, 6.45) is 4.15. The molecule has 2 saturated heterocycles. The van der Waals surface area contributed by atoms with Gasteiger partial charge >= 0.3 is 6.09 Å². The third-order valence-corrected chi connectivity index (χ3v) is 5.93. The minimum atomic E-state index is -0.220. The predicted octanol–water partition coefficient (Wildman–Crippen LogP) is 3.03. The second-order valence-corrected chi connectivity index (χ2v) is 7.64. The molecule has 0 N–H and O–H groups in total. The van der Waals surface area contributed by atoms with Crippen molar-refractivity contribution in [1.82, 2.24) is 14.8 Å². The van der Waals surface area contributed by atoms with Crippen LogP contribution >= 0.6 is 11.8 Å². The highest BCUT2D eigenvalue weighted by atomic mass is 32.2. The Bertz CT molecular complexity index is 632. The molecular formula is C18H25N3O3S. The third kappa shape index (κ3) is 3.92. The quantitative estimate of drug-likeness (QED) is 0.753. The second kappa shape index (κ2) is 8.08. The fourth-order valence-electron chi connectivity index (χ4n) is 3.42. The molecule has 2 aliphatic rings. The Morgan fingerprint density at radius 2 is 2.16 bits per heavy atom. The molecule has 0 bridgehead atoms. The fraction of sp³-hybridized carbons (Fsp3) is 0.611. The number of amides is 2. The van der Waals surface area contributed by atoms with Crippen molar-refractivity contribution in [3.8, 4) is 0 Å². The zero-order valence-electron chi connectivity index (χ0n) is 14.8. The van der Waals surface area contributed by atoms with E-state index in [0.29, 0.717) is 25.3 Å². The van der Waals surface area contributed by atoms with Crippen molar-refractivity contribution in [2.75, 3.05) is 25.4 Å². The molecule has 1 aromatic heterocycles. The Morgan fingerprint density at radius 1 is 1.40 bits per heavy atom. The normalized spacial score (nSPS) is 21.5. The molecule has 3 heterocycles. The van der Waals surface area contributed by atoms with Gasteiger partial charge in [0.1, 0.15) is 11.6 Å². The summed E-state index contributed by atoms with van der Waals surface area (Å²) in [6.45, 7) is 5.91. The Kier molecular flexibility index (Phi) is 5.83. The maximum absolute atomic E-state index is 12.9. The van der Waals surface area contributed by atoms with Crippen LogP contribution in [0.15, 0.2) is 23.4 Å². The van der Waals surface area contributed by atoms with Gasteiger partial charge < -0.3 is 9.64 Å². The number of thioether (sulfide) groups is 1. The van der Waals surface area contributed by atoms with Gasteiger partial charge in [0, 0.05) is 25.3 Å². The molecule has 1 unspecified atom stereocenters. The van der Waals surface area contributed by atoms with Crippen LogP contribution in [0.4, 0.5) is 4.79 Å². The molecule has 2 fully saturated rings. The van der Waals surface area contributed by atoms with E-state index in [1.165, 1.54) is 0 Å². The summed E-state index contributed by atoms with van der Waals surface area (Å²) < 4.78 is 5.12. The average molecular weight is 363 g/mol. The molecule has 1 atom stereocenters. The van der Waals surface area contributed by atoms with Gasteiger partial charge in [-0.2, -0.15) is 0 Å². The first kappa shape index (κ1) is 18.0. The Balaban J connectivity index is 1.63. The molecule has 136 valence electrons. The summed E-state index contributed by atoms with van der Waals surface area (Å²) in [4.78, 5) is 32.9. The van der Waals surface area contributed by atoms with Crippen molar-refractivity contribution in [1.29, 1.82) is 0 Å². The first-order chi connectivity index (χ1) is 12.1. The number of aromatic nitrogens is 1. The van der Waals surface area contributed by atoms with E-state index in [0.717, 1.165) is 30.0 Å². The number of carbonyl (C=O) groups excluding carboxylic acids is 2. The highest BCUT2D eigenvalue weighted by Crippen LogP contribution is 2.26. The fourth-order valence-corrected chi connectivity index (χ4v) is 4.26. The molecule has 0 aliphatic carbocycles. The number of pyridine rings is 1. The number of nitrogens with zero attached hydrogens (tertiary/aromatic N) is 3. The summed E-state index contributed by atoms with van der Waals surface area (Å²) in [5, 5.41) is 0.813. The van der Waals surface area contributed by atoms with Crippen LogP contribution in [0.3, 0.4) is 0 Å². The van der Waals surface area contributed by atoms with Gasteiger partial charge in [0.25, 0.3) is 5.91 Å². The van der Waals surface area contributed by atoms with Gasteiger partial charge in [-0.05, 0) is 44.1 Å². The number of ether oxygens (including phenoxy) is 1. The molecule has 0 saturated carbocycles. The van der Waals surface area contributed by atoms with E-state index in [1.54, 1.807) is 18.0 Å². The molecule has 1 aromatic rings. The van der Waals surface area contributed by atoms with Gasteiger partial charge in [0.05, 0.1) is 11.6 Å². The molecule has 0 spiro atoms. The van der Waals surface area contributed by atoms with Crippen molar-refractivity contribution < 1.29 is 14.3 Å². The van der Waals surface area contributed by atoms with Crippen molar-refractivity contribution in [2.24, 2.45) is 0 Å². The zero-order valence-corrected chi connectivity index (χ0v) is 15.6. The molecule has 3 rings (SSSR count). The molecular weight excluding hydrogens is 338 g/mol. The topological polar surface area (TPSA) is 62.7 Å². The number of piperidine rings is 1. The zero-order chi connectivity index (χ0) is 17.8. The first-order valence-electron chi connectivity index (χ1n) is 8.94. The van der Waals surface area contributed by atoms with Gasteiger partial charge in [0.2, 0.25) is 0 Å². The lowest BCUT2D eigenvalue weighted by Crippen LogP contribution is -2.49. The first-order valence-corrected chi connectivity index (χ1v) is 9.92. The Morgan fingerprint density at radius 3 is 2.80 bits per heavy atom. The van der Waals surface area contributed by atoms with Crippen LogP contribution in [0.25, 0.3) is 0 Å². The SMILES string of the molecule is CCCSc1ncccc1C(=O)N1CCC(N2C(=O)OCC2C)CC1. The van der Waals surface area contributed by atoms with E-state index in [1.807, 2.05) is 28.9 Å². The summed E-state index contributed by atoms with van der Waals surface area (Å²) in [5.41, 5.74) is 0.688. The van der Waals surface area contributed by atoms with Crippen molar-refractivity contribution in [3.63, 3.8) is 0 Å². The minimum absolute atomic E-state index is 0.0437. The number of carbonyl (C=O) groups is 2. The summed E-state index contributed by atoms with van der Waals surface area (Å²) in [7, 11) is 0. The number of likely N-dealkylation sites (tertiary alicyclic amines) is 1. The average Bonchev–Trinajstić information content (AvgIpc) is 2.98. The van der Waals surface area contributed by atoms with Crippen molar-refractivity contribution in [2.45, 2.75) is 50.2 Å². The van der Waals surface area contributed by atoms with Gasteiger partial charge in [-0.3, -0.25) is 9.69 Å². The lowest BCUT2D eigenvalue weighted by molar-refractivity contribution is 0.0637. The highest BCUT2D eigenvalue weighted by Gasteiger charge is 2.37. The third-order valence-electron chi connectivity index (χ3n) is 4.72. The maximum Gasteiger partial charge on any atom is 0.410 e. The van der Waals surface area contributed by atoms with Crippen LogP contribution in [0.1, 0.15) is 43.5 Å². The standard InChI is InChI=1S/C18H25N3O3S/c1-3-11-25-16-15(5-4-8-19-16)17(22)20-9-6-14(7-10-20)21-13(2)12-24-18(21)23/h4-5,8,13-14H,3,6-7,9-12H2,1-2H3. The van der Waals surface area contributed by atoms with Crippen LogP contribution in [-0.2, 0) is 4.74 Å². The van der Waals surface area contributed by atoms with Crippen LogP contribution in [0.2, 0.25) is 0 Å². The molecule has 7 heteroatoms. The summed E-state index contributed by atoms with van der Waals surface area (Å²) in [5.74, 6) is 0.996. The Hall–Kier alpha value is -1.76. The minimum Gasteiger partial charge on any atom is -0.447 e. The van der Waals surface area contributed by atoms with E-state index in [9.17, 15) is 9.59 Å². The van der Waals surface area contributed by atoms with E-state index in [2.05, 4.69) is 11.9 Å². The molecule has 0 radical (unpaired) electrons. The van der Waals surface area contributed by atoms with Gasteiger partial charge in [-0.1, -0.05) is 6.92 Å². The summed E-state index contributed by atoms with van der Waals surface area (Å²) >= 11 is 1.63. The number of cyclic esters (lactones) is 1. The van der Waals surface area contributed by atoms with Gasteiger partial charge in [-0.25, -0.2) is 9.78 Å². The van der Waals surface area contributed by atoms with E-state index >= 15 is 0 Å². The molecule has 6 nitrogen and oxygen atoms in total. The van der Waals surface area contributed by atoms with Crippen molar-refractivity contribution >= 4 is 23.8 Å². The maximum atomic E-state index is 12.9. The molecule has 2 aliphatic heterocycles. The van der Waals surface area contributed by atoms with Crippen LogP contribution in [0, 0.1) is 0 Å². The second-order valence-electron chi connectivity index (χ2n) is 6.56. The Labute approximate surface area is 152 Å².